The Bertz CT molecular complexity index is 520. The molecule has 1 rings (SSSR count). The van der Waals surface area contributed by atoms with Crippen LogP contribution in [0.15, 0.2) is 0 Å². The lowest BCUT2D eigenvalue weighted by Gasteiger charge is -2.32. The average molecular weight is 387 g/mol. The number of imide groups is 1. The molecule has 1 aliphatic heterocycles. The minimum absolute atomic E-state index is 0.137. The Morgan fingerprint density at radius 2 is 1.92 bits per heavy atom. The van der Waals surface area contributed by atoms with Gasteiger partial charge in [0.2, 0.25) is 17.7 Å². The fraction of sp³-hybridized carbons (Fsp3) is 0.842. The Morgan fingerprint density at radius 1 is 1.27 bits per heavy atom. The monoisotopic (exact) mass is 386 g/mol. The zero-order valence-electron chi connectivity index (χ0n) is 17.0. The van der Waals surface area contributed by atoms with Crippen molar-refractivity contribution in [3.8, 4) is 0 Å². The number of nitrogens with one attached hydrogen (secondary N) is 1. The van der Waals surface area contributed by atoms with Crippen LogP contribution in [0.25, 0.3) is 0 Å². The van der Waals surface area contributed by atoms with E-state index >= 15 is 0 Å². The van der Waals surface area contributed by atoms with Crippen molar-refractivity contribution in [2.75, 3.05) is 19.4 Å². The maximum atomic E-state index is 12.3. The summed E-state index contributed by atoms with van der Waals surface area (Å²) >= 11 is 1.38. The minimum atomic E-state index is -0.370. The predicted molar refractivity (Wildman–Crippen MR) is 105 cm³/mol. The highest BCUT2D eigenvalue weighted by molar-refractivity contribution is 8.00. The van der Waals surface area contributed by atoms with Crippen LogP contribution in [-0.2, 0) is 19.1 Å². The molecule has 0 spiro atoms. The number of carbonyl (C=O) groups is 3. The minimum Gasteiger partial charge on any atom is -0.376 e. The van der Waals surface area contributed by atoms with E-state index in [4.69, 9.17) is 4.74 Å². The van der Waals surface area contributed by atoms with Crippen molar-refractivity contribution in [1.82, 2.24) is 10.2 Å². The SMILES string of the molecule is CCCOC(C)(C)CCC(C)(C)NC(=O)CCN1C(=O)CC(SC)C1=O. The van der Waals surface area contributed by atoms with E-state index in [0.717, 1.165) is 25.9 Å². The lowest BCUT2D eigenvalue weighted by molar-refractivity contribution is -0.138. The van der Waals surface area contributed by atoms with E-state index in [0.29, 0.717) is 0 Å². The fourth-order valence-corrected chi connectivity index (χ4v) is 3.49. The van der Waals surface area contributed by atoms with Gasteiger partial charge in [-0.05, 0) is 53.2 Å². The van der Waals surface area contributed by atoms with Crippen molar-refractivity contribution in [3.63, 3.8) is 0 Å². The van der Waals surface area contributed by atoms with E-state index in [-0.39, 0.29) is 53.5 Å². The predicted octanol–water partition coefficient (Wildman–Crippen LogP) is 2.75. The number of nitrogens with zero attached hydrogens (tertiary/aromatic N) is 1. The summed E-state index contributed by atoms with van der Waals surface area (Å²) in [5.74, 6) is -0.504. The summed E-state index contributed by atoms with van der Waals surface area (Å²) in [6.07, 6.45) is 4.79. The van der Waals surface area contributed by atoms with Crippen LogP contribution in [0.2, 0.25) is 0 Å². The van der Waals surface area contributed by atoms with Crippen LogP contribution in [0.4, 0.5) is 0 Å². The van der Waals surface area contributed by atoms with Crippen LogP contribution in [0.5, 0.6) is 0 Å². The van der Waals surface area contributed by atoms with E-state index < -0.39 is 0 Å². The van der Waals surface area contributed by atoms with Crippen molar-refractivity contribution in [2.45, 2.75) is 83.1 Å². The quantitative estimate of drug-likeness (QED) is 0.553. The van der Waals surface area contributed by atoms with Crippen LogP contribution in [-0.4, -0.2) is 58.4 Å². The molecule has 0 aromatic rings. The number of amides is 3. The van der Waals surface area contributed by atoms with Gasteiger partial charge in [-0.1, -0.05) is 6.92 Å². The van der Waals surface area contributed by atoms with E-state index in [1.54, 1.807) is 0 Å². The Balaban J connectivity index is 2.43. The molecule has 1 aliphatic rings. The van der Waals surface area contributed by atoms with E-state index in [2.05, 4.69) is 26.1 Å². The molecule has 0 aromatic carbocycles. The largest absolute Gasteiger partial charge is 0.376 e. The molecule has 0 aliphatic carbocycles. The molecule has 0 saturated carbocycles. The highest BCUT2D eigenvalue weighted by Crippen LogP contribution is 2.24. The molecular formula is C19H34N2O4S. The van der Waals surface area contributed by atoms with Crippen LogP contribution in [0.3, 0.4) is 0 Å². The summed E-state index contributed by atoms with van der Waals surface area (Å²) in [5, 5.41) is 2.72. The van der Waals surface area contributed by atoms with Gasteiger partial charge in [0, 0.05) is 31.5 Å². The number of rotatable bonds is 11. The molecule has 0 bridgehead atoms. The van der Waals surface area contributed by atoms with Gasteiger partial charge in [-0.15, -0.1) is 0 Å². The molecule has 1 N–H and O–H groups in total. The van der Waals surface area contributed by atoms with Crippen molar-refractivity contribution in [2.24, 2.45) is 0 Å². The van der Waals surface area contributed by atoms with E-state index in [9.17, 15) is 14.4 Å². The number of likely N-dealkylation sites (tertiary alicyclic amines) is 1. The number of thioether (sulfide) groups is 1. The van der Waals surface area contributed by atoms with Crippen molar-refractivity contribution < 1.29 is 19.1 Å². The Labute approximate surface area is 161 Å². The number of ether oxygens (including phenoxy) is 1. The van der Waals surface area contributed by atoms with Gasteiger partial charge in [0.1, 0.15) is 0 Å². The van der Waals surface area contributed by atoms with Gasteiger partial charge in [0.25, 0.3) is 0 Å². The van der Waals surface area contributed by atoms with Crippen LogP contribution < -0.4 is 5.32 Å². The zero-order chi connectivity index (χ0) is 20.0. The smallest absolute Gasteiger partial charge is 0.242 e. The lowest BCUT2D eigenvalue weighted by Crippen LogP contribution is -2.46. The van der Waals surface area contributed by atoms with Crippen LogP contribution in [0.1, 0.15) is 66.7 Å². The summed E-state index contributed by atoms with van der Waals surface area (Å²) < 4.78 is 5.84. The Hall–Kier alpha value is -1.08. The molecule has 26 heavy (non-hydrogen) atoms. The van der Waals surface area contributed by atoms with Crippen LogP contribution in [0, 0.1) is 0 Å². The van der Waals surface area contributed by atoms with Crippen LogP contribution >= 0.6 is 11.8 Å². The van der Waals surface area contributed by atoms with E-state index in [1.165, 1.54) is 16.7 Å². The molecule has 0 radical (unpaired) electrons. The van der Waals surface area contributed by atoms with Crippen molar-refractivity contribution in [3.05, 3.63) is 0 Å². The third-order valence-electron chi connectivity index (χ3n) is 4.58. The summed E-state index contributed by atoms with van der Waals surface area (Å²) in [6, 6.07) is 0. The van der Waals surface area contributed by atoms with E-state index in [1.807, 2.05) is 20.1 Å². The molecule has 1 fully saturated rings. The third kappa shape index (κ3) is 7.27. The summed E-state index contributed by atoms with van der Waals surface area (Å²) in [4.78, 5) is 37.5. The first-order chi connectivity index (χ1) is 12.0. The second kappa shape index (κ2) is 9.74. The second-order valence-corrected chi connectivity index (χ2v) is 9.14. The number of hydrogen-bond acceptors (Lipinski definition) is 5. The highest BCUT2D eigenvalue weighted by atomic mass is 32.2. The van der Waals surface area contributed by atoms with Gasteiger partial charge in [-0.2, -0.15) is 11.8 Å². The molecule has 7 heteroatoms. The second-order valence-electron chi connectivity index (χ2n) is 8.10. The van der Waals surface area contributed by atoms with Gasteiger partial charge in [-0.3, -0.25) is 19.3 Å². The highest BCUT2D eigenvalue weighted by Gasteiger charge is 2.38. The topological polar surface area (TPSA) is 75.7 Å². The van der Waals surface area contributed by atoms with Gasteiger partial charge < -0.3 is 10.1 Å². The molecule has 1 heterocycles. The third-order valence-corrected chi connectivity index (χ3v) is 5.51. The molecule has 0 aromatic heterocycles. The molecular weight excluding hydrogens is 352 g/mol. The molecule has 6 nitrogen and oxygen atoms in total. The Kier molecular flexibility index (Phi) is 8.60. The Morgan fingerprint density at radius 3 is 2.46 bits per heavy atom. The summed E-state index contributed by atoms with van der Waals surface area (Å²) in [5.41, 5.74) is -0.593. The maximum Gasteiger partial charge on any atom is 0.242 e. The van der Waals surface area contributed by atoms with Gasteiger partial charge >= 0.3 is 0 Å². The number of hydrogen-bond donors (Lipinski definition) is 1. The van der Waals surface area contributed by atoms with Crippen molar-refractivity contribution in [1.29, 1.82) is 0 Å². The summed E-state index contributed by atoms with van der Waals surface area (Å²) in [6.45, 7) is 11.1. The van der Waals surface area contributed by atoms with Gasteiger partial charge in [0.05, 0.1) is 10.9 Å². The van der Waals surface area contributed by atoms with Crippen molar-refractivity contribution >= 4 is 29.5 Å². The molecule has 1 saturated heterocycles. The first-order valence-corrected chi connectivity index (χ1v) is 10.6. The maximum absolute atomic E-state index is 12.3. The first kappa shape index (κ1) is 23.0. The lowest BCUT2D eigenvalue weighted by atomic mass is 9.91. The zero-order valence-corrected chi connectivity index (χ0v) is 17.8. The standard InChI is InChI=1S/C19H34N2O4S/c1-7-12-25-19(4,5)10-9-18(2,3)20-15(22)8-11-21-16(23)13-14(26-6)17(21)24/h14H,7-13H2,1-6H3,(H,20,22). The van der Waals surface area contributed by atoms with Gasteiger partial charge in [0.15, 0.2) is 0 Å². The molecule has 1 unspecified atom stereocenters. The first-order valence-electron chi connectivity index (χ1n) is 9.33. The van der Waals surface area contributed by atoms with Gasteiger partial charge in [-0.25, -0.2) is 0 Å². The molecule has 1 atom stereocenters. The molecule has 150 valence electrons. The number of carbonyl (C=O) groups excluding carboxylic acids is 3. The molecule has 3 amide bonds. The average Bonchev–Trinajstić information content (AvgIpc) is 2.83. The fourth-order valence-electron chi connectivity index (χ4n) is 2.85. The normalized spacial score (nSPS) is 18.5. The summed E-state index contributed by atoms with van der Waals surface area (Å²) in [7, 11) is 0.